The Hall–Kier alpha value is -1.86. The number of carbonyl (C=O) groups excluding carboxylic acids is 1. The standard InChI is InChI=1S/C22H28N4O2.2ClH/c27-22(26-15-11-23-12-16-26)18-4-6-20(7-5-18)28-21-8-13-25(14-9-21)17-19-3-1-2-10-24-19;;/h1-7,10,21,23H,8-9,11-17H2;2*1H. The summed E-state index contributed by atoms with van der Waals surface area (Å²) >= 11 is 0. The van der Waals surface area contributed by atoms with Crippen LogP contribution in [0.5, 0.6) is 5.75 Å². The number of amides is 1. The summed E-state index contributed by atoms with van der Waals surface area (Å²) in [4.78, 5) is 21.3. The van der Waals surface area contributed by atoms with Crippen molar-refractivity contribution < 1.29 is 9.53 Å². The number of aromatic nitrogens is 1. The number of ether oxygens (including phenoxy) is 1. The zero-order chi connectivity index (χ0) is 19.2. The van der Waals surface area contributed by atoms with E-state index in [9.17, 15) is 4.79 Å². The molecule has 0 spiro atoms. The van der Waals surface area contributed by atoms with E-state index < -0.39 is 0 Å². The second kappa shape index (κ2) is 12.1. The molecule has 0 bridgehead atoms. The molecule has 2 fully saturated rings. The third-order valence-corrected chi connectivity index (χ3v) is 5.45. The Labute approximate surface area is 190 Å². The van der Waals surface area contributed by atoms with Crippen LogP contribution in [0.2, 0.25) is 0 Å². The molecule has 3 heterocycles. The van der Waals surface area contributed by atoms with Crippen LogP contribution in [0.3, 0.4) is 0 Å². The van der Waals surface area contributed by atoms with Crippen molar-refractivity contribution in [2.45, 2.75) is 25.5 Å². The molecular weight excluding hydrogens is 423 g/mol. The molecular formula is C22H30Cl2N4O2. The van der Waals surface area contributed by atoms with Crippen LogP contribution in [0.25, 0.3) is 0 Å². The number of benzene rings is 1. The van der Waals surface area contributed by atoms with Gasteiger partial charge in [0.15, 0.2) is 0 Å². The summed E-state index contributed by atoms with van der Waals surface area (Å²) in [6.07, 6.45) is 4.10. The highest BCUT2D eigenvalue weighted by atomic mass is 35.5. The van der Waals surface area contributed by atoms with Gasteiger partial charge in [0.25, 0.3) is 5.91 Å². The molecule has 0 unspecified atom stereocenters. The van der Waals surface area contributed by atoms with Gasteiger partial charge in [0.05, 0.1) is 5.69 Å². The van der Waals surface area contributed by atoms with E-state index >= 15 is 0 Å². The number of nitrogens with one attached hydrogen (secondary N) is 1. The molecule has 0 saturated carbocycles. The molecule has 8 heteroatoms. The van der Waals surface area contributed by atoms with Crippen molar-refractivity contribution in [2.75, 3.05) is 39.3 Å². The molecule has 1 aromatic heterocycles. The van der Waals surface area contributed by atoms with E-state index in [1.165, 1.54) is 0 Å². The van der Waals surface area contributed by atoms with Gasteiger partial charge in [-0.3, -0.25) is 14.7 Å². The Morgan fingerprint density at radius 2 is 1.70 bits per heavy atom. The highest BCUT2D eigenvalue weighted by Gasteiger charge is 2.21. The maximum atomic E-state index is 12.5. The second-order valence-corrected chi connectivity index (χ2v) is 7.48. The highest BCUT2D eigenvalue weighted by molar-refractivity contribution is 5.94. The molecule has 2 aliphatic rings. The fourth-order valence-electron chi connectivity index (χ4n) is 3.83. The van der Waals surface area contributed by atoms with Crippen molar-refractivity contribution in [1.82, 2.24) is 20.1 Å². The maximum Gasteiger partial charge on any atom is 0.253 e. The fraction of sp³-hybridized carbons (Fsp3) is 0.455. The normalized spacial score (nSPS) is 17.5. The lowest BCUT2D eigenvalue weighted by molar-refractivity contribution is 0.0735. The van der Waals surface area contributed by atoms with E-state index in [4.69, 9.17) is 4.74 Å². The average Bonchev–Trinajstić information content (AvgIpc) is 2.76. The number of piperidine rings is 1. The van der Waals surface area contributed by atoms with Crippen LogP contribution in [0.1, 0.15) is 28.9 Å². The summed E-state index contributed by atoms with van der Waals surface area (Å²) in [7, 11) is 0. The van der Waals surface area contributed by atoms with Crippen molar-refractivity contribution in [3.05, 3.63) is 59.9 Å². The summed E-state index contributed by atoms with van der Waals surface area (Å²) in [6.45, 7) is 6.21. The number of rotatable bonds is 5. The van der Waals surface area contributed by atoms with Crippen LogP contribution in [-0.2, 0) is 6.54 Å². The second-order valence-electron chi connectivity index (χ2n) is 7.48. The molecule has 6 nitrogen and oxygen atoms in total. The first-order chi connectivity index (χ1) is 13.8. The molecule has 0 aliphatic carbocycles. The van der Waals surface area contributed by atoms with Crippen LogP contribution < -0.4 is 10.1 Å². The van der Waals surface area contributed by atoms with Crippen LogP contribution in [0.4, 0.5) is 0 Å². The molecule has 0 radical (unpaired) electrons. The number of likely N-dealkylation sites (tertiary alicyclic amines) is 1. The Morgan fingerprint density at radius 3 is 2.33 bits per heavy atom. The molecule has 1 aromatic carbocycles. The Balaban J connectivity index is 0.00000160. The van der Waals surface area contributed by atoms with Crippen LogP contribution in [-0.4, -0.2) is 66.1 Å². The third-order valence-electron chi connectivity index (χ3n) is 5.45. The molecule has 164 valence electrons. The first kappa shape index (κ1) is 24.4. The lowest BCUT2D eigenvalue weighted by atomic mass is 10.1. The van der Waals surface area contributed by atoms with Gasteiger partial charge >= 0.3 is 0 Å². The quantitative estimate of drug-likeness (QED) is 0.755. The van der Waals surface area contributed by atoms with E-state index in [2.05, 4.69) is 21.3 Å². The average molecular weight is 453 g/mol. The van der Waals surface area contributed by atoms with E-state index in [1.54, 1.807) is 0 Å². The Kier molecular flexibility index (Phi) is 9.85. The smallest absolute Gasteiger partial charge is 0.253 e. The summed E-state index contributed by atoms with van der Waals surface area (Å²) in [5, 5.41) is 3.27. The minimum Gasteiger partial charge on any atom is -0.490 e. The van der Waals surface area contributed by atoms with Crippen molar-refractivity contribution >= 4 is 30.7 Å². The van der Waals surface area contributed by atoms with Crippen LogP contribution >= 0.6 is 24.8 Å². The summed E-state index contributed by atoms with van der Waals surface area (Å²) in [6, 6.07) is 13.7. The molecule has 4 rings (SSSR count). The van der Waals surface area contributed by atoms with Gasteiger partial charge in [-0.15, -0.1) is 24.8 Å². The summed E-state index contributed by atoms with van der Waals surface area (Å²) in [5.74, 6) is 0.955. The van der Waals surface area contributed by atoms with Gasteiger partial charge in [-0.25, -0.2) is 0 Å². The van der Waals surface area contributed by atoms with E-state index in [-0.39, 0.29) is 36.8 Å². The topological polar surface area (TPSA) is 57.7 Å². The molecule has 0 atom stereocenters. The van der Waals surface area contributed by atoms with Crippen molar-refractivity contribution in [3.63, 3.8) is 0 Å². The number of nitrogens with zero attached hydrogens (tertiary/aromatic N) is 3. The Morgan fingerprint density at radius 1 is 1.00 bits per heavy atom. The monoisotopic (exact) mass is 452 g/mol. The predicted octanol–water partition coefficient (Wildman–Crippen LogP) is 3.01. The fourth-order valence-corrected chi connectivity index (χ4v) is 3.83. The van der Waals surface area contributed by atoms with Crippen molar-refractivity contribution in [1.29, 1.82) is 0 Å². The number of halogens is 2. The lowest BCUT2D eigenvalue weighted by Crippen LogP contribution is -2.46. The molecule has 1 N–H and O–H groups in total. The number of piperazine rings is 1. The van der Waals surface area contributed by atoms with Gasteiger partial charge in [0, 0.05) is 57.6 Å². The Bertz CT molecular complexity index is 762. The first-order valence-corrected chi connectivity index (χ1v) is 10.2. The van der Waals surface area contributed by atoms with Gasteiger partial charge in [0.2, 0.25) is 0 Å². The van der Waals surface area contributed by atoms with Crippen molar-refractivity contribution in [3.8, 4) is 5.75 Å². The molecule has 30 heavy (non-hydrogen) atoms. The van der Waals surface area contributed by atoms with Crippen LogP contribution in [0, 0.1) is 0 Å². The lowest BCUT2D eigenvalue weighted by Gasteiger charge is -2.32. The zero-order valence-corrected chi connectivity index (χ0v) is 18.7. The summed E-state index contributed by atoms with van der Waals surface area (Å²) in [5.41, 5.74) is 1.85. The highest BCUT2D eigenvalue weighted by Crippen LogP contribution is 2.21. The van der Waals surface area contributed by atoms with Gasteiger partial charge in [-0.1, -0.05) is 6.07 Å². The number of carbonyl (C=O) groups is 1. The van der Waals surface area contributed by atoms with Crippen LogP contribution in [0.15, 0.2) is 48.7 Å². The molecule has 2 aromatic rings. The van der Waals surface area contributed by atoms with Crippen molar-refractivity contribution in [2.24, 2.45) is 0 Å². The first-order valence-electron chi connectivity index (χ1n) is 10.2. The van der Waals surface area contributed by atoms with Gasteiger partial charge in [0.1, 0.15) is 11.9 Å². The van der Waals surface area contributed by atoms with Gasteiger partial charge in [-0.2, -0.15) is 0 Å². The minimum atomic E-state index is 0. The SMILES string of the molecule is Cl.Cl.O=C(c1ccc(OC2CCN(Cc3ccccn3)CC2)cc1)N1CCNCC1. The number of hydrogen-bond acceptors (Lipinski definition) is 5. The molecule has 2 aliphatic heterocycles. The summed E-state index contributed by atoms with van der Waals surface area (Å²) < 4.78 is 6.16. The van der Waals surface area contributed by atoms with E-state index in [0.717, 1.165) is 75.7 Å². The van der Waals surface area contributed by atoms with Gasteiger partial charge < -0.3 is 15.0 Å². The zero-order valence-electron chi connectivity index (χ0n) is 17.0. The number of hydrogen-bond donors (Lipinski definition) is 1. The minimum absolute atomic E-state index is 0. The molecule has 1 amide bonds. The van der Waals surface area contributed by atoms with E-state index in [1.807, 2.05) is 47.5 Å². The predicted molar refractivity (Wildman–Crippen MR) is 123 cm³/mol. The van der Waals surface area contributed by atoms with E-state index in [0.29, 0.717) is 0 Å². The number of pyridine rings is 1. The third kappa shape index (κ3) is 6.57. The largest absolute Gasteiger partial charge is 0.490 e. The maximum absolute atomic E-state index is 12.5. The molecule has 2 saturated heterocycles. The van der Waals surface area contributed by atoms with Gasteiger partial charge in [-0.05, 0) is 49.2 Å².